The molecule has 0 fully saturated rings. The number of carbonyl (C=O) groups is 2. The zero-order chi connectivity index (χ0) is 22.1. The number of ether oxygens (including phenoxy) is 1. The molecule has 31 heavy (non-hydrogen) atoms. The van der Waals surface area contributed by atoms with Gasteiger partial charge in [-0.3, -0.25) is 9.59 Å². The summed E-state index contributed by atoms with van der Waals surface area (Å²) in [5, 5.41) is 15.3. The van der Waals surface area contributed by atoms with E-state index in [1.165, 1.54) is 6.08 Å². The van der Waals surface area contributed by atoms with E-state index in [9.17, 15) is 14.9 Å². The summed E-state index contributed by atoms with van der Waals surface area (Å²) in [6, 6.07) is 24.3. The molecule has 0 saturated carbocycles. The van der Waals surface area contributed by atoms with Crippen LogP contribution in [0.15, 0.2) is 84.4 Å². The maximum Gasteiger partial charge on any atom is 0.266 e. The standard InChI is InChI=1S/C24H18ClN3O3/c25-19-8-10-21(11-9-19)27-23(29)16-31-22-12-6-17(7-13-22)14-18(15-26)24(30)28-20-4-2-1-3-5-20/h1-14H,16H2,(H,27,29)(H,28,30)/b18-14+. The molecule has 154 valence electrons. The van der Waals surface area contributed by atoms with Gasteiger partial charge in [0.05, 0.1) is 0 Å². The number of amides is 2. The molecule has 6 nitrogen and oxygen atoms in total. The average molecular weight is 432 g/mol. The number of anilines is 2. The van der Waals surface area contributed by atoms with Gasteiger partial charge in [0.25, 0.3) is 11.8 Å². The van der Waals surface area contributed by atoms with Crippen molar-refractivity contribution < 1.29 is 14.3 Å². The number of benzene rings is 3. The fourth-order valence-electron chi connectivity index (χ4n) is 2.57. The van der Waals surface area contributed by atoms with Crippen LogP contribution < -0.4 is 15.4 Å². The van der Waals surface area contributed by atoms with Crippen LogP contribution in [0.2, 0.25) is 5.02 Å². The van der Waals surface area contributed by atoms with Gasteiger partial charge in [-0.2, -0.15) is 5.26 Å². The molecule has 0 radical (unpaired) electrons. The molecule has 0 saturated heterocycles. The normalized spacial score (nSPS) is 10.6. The molecule has 3 rings (SSSR count). The monoisotopic (exact) mass is 431 g/mol. The first kappa shape index (κ1) is 21.6. The molecule has 3 aromatic carbocycles. The summed E-state index contributed by atoms with van der Waals surface area (Å²) in [4.78, 5) is 24.3. The number of carbonyl (C=O) groups excluding carboxylic acids is 2. The van der Waals surface area contributed by atoms with Gasteiger partial charge in [-0.05, 0) is 60.2 Å². The minimum Gasteiger partial charge on any atom is -0.484 e. The maximum atomic E-state index is 12.3. The lowest BCUT2D eigenvalue weighted by Crippen LogP contribution is -2.20. The van der Waals surface area contributed by atoms with Gasteiger partial charge in [0.2, 0.25) is 0 Å². The van der Waals surface area contributed by atoms with Gasteiger partial charge in [-0.25, -0.2) is 0 Å². The number of nitrogens with one attached hydrogen (secondary N) is 2. The van der Waals surface area contributed by atoms with E-state index in [-0.39, 0.29) is 18.1 Å². The van der Waals surface area contributed by atoms with Crippen molar-refractivity contribution in [3.05, 3.63) is 95.0 Å². The smallest absolute Gasteiger partial charge is 0.266 e. The fourth-order valence-corrected chi connectivity index (χ4v) is 2.70. The van der Waals surface area contributed by atoms with Crippen LogP contribution >= 0.6 is 11.6 Å². The maximum absolute atomic E-state index is 12.3. The molecule has 0 aliphatic carbocycles. The molecular weight excluding hydrogens is 414 g/mol. The lowest BCUT2D eigenvalue weighted by molar-refractivity contribution is -0.118. The second kappa shape index (κ2) is 10.6. The van der Waals surface area contributed by atoms with Crippen molar-refractivity contribution in [3.63, 3.8) is 0 Å². The summed E-state index contributed by atoms with van der Waals surface area (Å²) in [7, 11) is 0. The Morgan fingerprint density at radius 2 is 1.55 bits per heavy atom. The molecule has 0 spiro atoms. The highest BCUT2D eigenvalue weighted by molar-refractivity contribution is 6.30. The molecule has 0 aliphatic rings. The number of nitrogens with zero attached hydrogens (tertiary/aromatic N) is 1. The van der Waals surface area contributed by atoms with Crippen molar-refractivity contribution in [3.8, 4) is 11.8 Å². The summed E-state index contributed by atoms with van der Waals surface area (Å²) >= 11 is 5.82. The van der Waals surface area contributed by atoms with E-state index in [1.807, 2.05) is 12.1 Å². The van der Waals surface area contributed by atoms with Crippen LogP contribution in [0.1, 0.15) is 5.56 Å². The first-order chi connectivity index (χ1) is 15.0. The number of hydrogen-bond acceptors (Lipinski definition) is 4. The predicted molar refractivity (Wildman–Crippen MR) is 121 cm³/mol. The molecule has 7 heteroatoms. The van der Waals surface area contributed by atoms with E-state index in [2.05, 4.69) is 10.6 Å². The fraction of sp³-hybridized carbons (Fsp3) is 0.0417. The van der Waals surface area contributed by atoms with E-state index in [0.717, 1.165) is 0 Å². The van der Waals surface area contributed by atoms with Gasteiger partial charge in [0.15, 0.2) is 6.61 Å². The van der Waals surface area contributed by atoms with Crippen molar-refractivity contribution in [2.45, 2.75) is 0 Å². The second-order valence-corrected chi connectivity index (χ2v) is 6.84. The highest BCUT2D eigenvalue weighted by atomic mass is 35.5. The van der Waals surface area contributed by atoms with Gasteiger partial charge in [-0.1, -0.05) is 41.9 Å². The highest BCUT2D eigenvalue weighted by Gasteiger charge is 2.09. The third kappa shape index (κ3) is 6.74. The van der Waals surface area contributed by atoms with Crippen LogP contribution in [0.3, 0.4) is 0 Å². The largest absolute Gasteiger partial charge is 0.484 e. The minimum atomic E-state index is -0.493. The Morgan fingerprint density at radius 1 is 0.903 bits per heavy atom. The molecule has 0 bridgehead atoms. The van der Waals surface area contributed by atoms with Gasteiger partial charge in [0, 0.05) is 16.4 Å². The van der Waals surface area contributed by atoms with Crippen molar-refractivity contribution >= 4 is 40.9 Å². The Kier molecular flexibility index (Phi) is 7.41. The third-order valence-electron chi connectivity index (χ3n) is 4.09. The number of rotatable bonds is 7. The van der Waals surface area contributed by atoms with Crippen LogP contribution in [0, 0.1) is 11.3 Å². The summed E-state index contributed by atoms with van der Waals surface area (Å²) in [6.45, 7) is -0.166. The molecular formula is C24H18ClN3O3. The first-order valence-corrected chi connectivity index (χ1v) is 9.68. The van der Waals surface area contributed by atoms with Crippen LogP contribution in [-0.4, -0.2) is 18.4 Å². The van der Waals surface area contributed by atoms with Crippen molar-refractivity contribution in [1.82, 2.24) is 0 Å². The molecule has 2 N–H and O–H groups in total. The molecule has 0 aliphatic heterocycles. The summed E-state index contributed by atoms with van der Waals surface area (Å²) in [5.41, 5.74) is 1.85. The molecule has 0 aromatic heterocycles. The molecule has 2 amide bonds. The summed E-state index contributed by atoms with van der Waals surface area (Å²) in [5.74, 6) is -0.320. The van der Waals surface area contributed by atoms with Gasteiger partial charge >= 0.3 is 0 Å². The Bertz CT molecular complexity index is 1120. The van der Waals surface area contributed by atoms with Gasteiger partial charge in [-0.15, -0.1) is 0 Å². The number of hydrogen-bond donors (Lipinski definition) is 2. The molecule has 0 atom stereocenters. The number of nitriles is 1. The van der Waals surface area contributed by atoms with E-state index >= 15 is 0 Å². The Hall–Kier alpha value is -4.08. The third-order valence-corrected chi connectivity index (χ3v) is 4.34. The number of para-hydroxylation sites is 1. The minimum absolute atomic E-state index is 0.0279. The van der Waals surface area contributed by atoms with Crippen molar-refractivity contribution in [2.24, 2.45) is 0 Å². The predicted octanol–water partition coefficient (Wildman–Crippen LogP) is 4.90. The SMILES string of the molecule is N#C/C(=C\c1ccc(OCC(=O)Nc2ccc(Cl)cc2)cc1)C(=O)Nc1ccccc1. The zero-order valence-corrected chi connectivity index (χ0v) is 17.1. The zero-order valence-electron chi connectivity index (χ0n) is 16.3. The Labute approximate surface area is 184 Å². The quantitative estimate of drug-likeness (QED) is 0.411. The van der Waals surface area contributed by atoms with Gasteiger partial charge < -0.3 is 15.4 Å². The molecule has 3 aromatic rings. The summed E-state index contributed by atoms with van der Waals surface area (Å²) in [6.07, 6.45) is 1.48. The van der Waals surface area contributed by atoms with Crippen LogP contribution in [0.25, 0.3) is 6.08 Å². The summed E-state index contributed by atoms with van der Waals surface area (Å²) < 4.78 is 5.47. The Balaban J connectivity index is 1.56. The van der Waals surface area contributed by atoms with E-state index < -0.39 is 5.91 Å². The van der Waals surface area contributed by atoms with Crippen molar-refractivity contribution in [1.29, 1.82) is 5.26 Å². The molecule has 0 heterocycles. The second-order valence-electron chi connectivity index (χ2n) is 6.40. The lowest BCUT2D eigenvalue weighted by Gasteiger charge is -2.08. The van der Waals surface area contributed by atoms with E-state index in [1.54, 1.807) is 72.8 Å². The van der Waals surface area contributed by atoms with Gasteiger partial charge in [0.1, 0.15) is 17.4 Å². The highest BCUT2D eigenvalue weighted by Crippen LogP contribution is 2.17. The number of halogens is 1. The van der Waals surface area contributed by atoms with Crippen LogP contribution in [0.5, 0.6) is 5.75 Å². The van der Waals surface area contributed by atoms with E-state index in [0.29, 0.717) is 27.7 Å². The van der Waals surface area contributed by atoms with Crippen LogP contribution in [0.4, 0.5) is 11.4 Å². The lowest BCUT2D eigenvalue weighted by atomic mass is 10.1. The average Bonchev–Trinajstić information content (AvgIpc) is 2.79. The molecule has 0 unspecified atom stereocenters. The Morgan fingerprint density at radius 3 is 2.19 bits per heavy atom. The topological polar surface area (TPSA) is 91.2 Å². The van der Waals surface area contributed by atoms with E-state index in [4.69, 9.17) is 16.3 Å². The van der Waals surface area contributed by atoms with Crippen LogP contribution in [-0.2, 0) is 9.59 Å². The first-order valence-electron chi connectivity index (χ1n) is 9.30. The van der Waals surface area contributed by atoms with Crippen molar-refractivity contribution in [2.75, 3.05) is 17.2 Å².